The Bertz CT molecular complexity index is 947. The van der Waals surface area contributed by atoms with Crippen LogP contribution in [-0.4, -0.2) is 40.1 Å². The van der Waals surface area contributed by atoms with Gasteiger partial charge in [-0.3, -0.25) is 4.99 Å². The molecule has 0 saturated carbocycles. The Morgan fingerprint density at radius 3 is 2.83 bits per heavy atom. The Kier molecular flexibility index (Phi) is 7.08. The van der Waals surface area contributed by atoms with Gasteiger partial charge in [0, 0.05) is 38.0 Å². The highest BCUT2D eigenvalue weighted by Gasteiger charge is 2.33. The van der Waals surface area contributed by atoms with E-state index in [2.05, 4.69) is 30.2 Å². The predicted molar refractivity (Wildman–Crippen MR) is 109 cm³/mol. The van der Waals surface area contributed by atoms with Crippen LogP contribution in [0.4, 0.5) is 13.2 Å². The van der Waals surface area contributed by atoms with Crippen molar-refractivity contribution in [1.82, 2.24) is 25.2 Å². The third kappa shape index (κ3) is 5.93. The van der Waals surface area contributed by atoms with Gasteiger partial charge in [-0.05, 0) is 25.5 Å². The number of aryl methyl sites for hydroxylation is 1. The molecule has 6 nitrogen and oxygen atoms in total. The second kappa shape index (κ2) is 9.73. The molecule has 0 saturated heterocycles. The maximum atomic E-state index is 12.6. The number of hydrogen-bond donors (Lipinski definition) is 2. The lowest BCUT2D eigenvalue weighted by atomic mass is 10.3. The molecule has 0 amide bonds. The molecule has 3 aromatic rings. The van der Waals surface area contributed by atoms with E-state index in [0.29, 0.717) is 37.0 Å². The van der Waals surface area contributed by atoms with E-state index < -0.39 is 11.9 Å². The minimum Gasteiger partial charge on any atom is -0.357 e. The molecule has 29 heavy (non-hydrogen) atoms. The zero-order valence-corrected chi connectivity index (χ0v) is 16.9. The number of fused-ring (bicyclic) bond motifs is 1. The van der Waals surface area contributed by atoms with Gasteiger partial charge in [0.05, 0.1) is 22.4 Å². The van der Waals surface area contributed by atoms with E-state index in [1.165, 1.54) is 0 Å². The van der Waals surface area contributed by atoms with Crippen molar-refractivity contribution in [3.63, 3.8) is 0 Å². The van der Waals surface area contributed by atoms with Crippen LogP contribution in [0.3, 0.4) is 0 Å². The van der Waals surface area contributed by atoms with E-state index in [1.807, 2.05) is 37.5 Å². The monoisotopic (exact) mass is 424 g/mol. The number of nitrogens with zero attached hydrogens (tertiary/aromatic N) is 4. The van der Waals surface area contributed by atoms with Crippen LogP contribution in [-0.2, 0) is 19.1 Å². The Labute approximate surface area is 170 Å². The first-order chi connectivity index (χ1) is 14.0. The van der Waals surface area contributed by atoms with Gasteiger partial charge in [0.2, 0.25) is 0 Å². The highest BCUT2D eigenvalue weighted by atomic mass is 32.1. The molecule has 2 aromatic heterocycles. The second-order valence-corrected chi connectivity index (χ2v) is 7.28. The molecule has 3 rings (SSSR count). The zero-order chi connectivity index (χ0) is 20.7. The molecule has 2 heterocycles. The molecule has 0 fully saturated rings. The smallest absolute Gasteiger partial charge is 0.357 e. The van der Waals surface area contributed by atoms with Gasteiger partial charge in [-0.15, -0.1) is 11.3 Å². The topological polar surface area (TPSA) is 67.1 Å². The van der Waals surface area contributed by atoms with Crippen molar-refractivity contribution in [1.29, 1.82) is 0 Å². The van der Waals surface area contributed by atoms with Crippen LogP contribution in [0.5, 0.6) is 0 Å². The normalized spacial score (nSPS) is 12.5. The second-order valence-electron chi connectivity index (χ2n) is 6.34. The lowest BCUT2D eigenvalue weighted by molar-refractivity contribution is -0.140. The van der Waals surface area contributed by atoms with Gasteiger partial charge in [-0.2, -0.15) is 13.2 Å². The number of thiazole rings is 1. The molecule has 0 aliphatic carbocycles. The minimum atomic E-state index is -4.39. The SMILES string of the molecule is CCNC(=NCCCn1cnc2ccccc21)NCCc1nc(C(F)(F)F)cs1. The number of halogens is 3. The Hall–Kier alpha value is -2.62. The van der Waals surface area contributed by atoms with Crippen molar-refractivity contribution < 1.29 is 13.2 Å². The van der Waals surface area contributed by atoms with Crippen LogP contribution in [0.15, 0.2) is 41.0 Å². The first-order valence-corrected chi connectivity index (χ1v) is 10.3. The molecule has 0 atom stereocenters. The number of hydrogen-bond acceptors (Lipinski definition) is 4. The summed E-state index contributed by atoms with van der Waals surface area (Å²) in [7, 11) is 0. The maximum absolute atomic E-state index is 12.6. The van der Waals surface area contributed by atoms with Gasteiger partial charge in [-0.1, -0.05) is 12.1 Å². The van der Waals surface area contributed by atoms with Crippen molar-refractivity contribution in [2.75, 3.05) is 19.6 Å². The van der Waals surface area contributed by atoms with Crippen LogP contribution in [0.25, 0.3) is 11.0 Å². The summed E-state index contributed by atoms with van der Waals surface area (Å²) in [6.45, 7) is 4.56. The average Bonchev–Trinajstić information content (AvgIpc) is 3.32. The van der Waals surface area contributed by atoms with Crippen molar-refractivity contribution in [2.24, 2.45) is 4.99 Å². The van der Waals surface area contributed by atoms with Gasteiger partial charge in [-0.25, -0.2) is 9.97 Å². The molecule has 0 aliphatic heterocycles. The zero-order valence-electron chi connectivity index (χ0n) is 16.0. The number of aromatic nitrogens is 3. The van der Waals surface area contributed by atoms with Crippen LogP contribution >= 0.6 is 11.3 Å². The van der Waals surface area contributed by atoms with Crippen molar-refractivity contribution in [3.05, 3.63) is 46.7 Å². The highest BCUT2D eigenvalue weighted by molar-refractivity contribution is 7.09. The molecule has 0 bridgehead atoms. The highest BCUT2D eigenvalue weighted by Crippen LogP contribution is 2.29. The first-order valence-electron chi connectivity index (χ1n) is 9.41. The van der Waals surface area contributed by atoms with Crippen molar-refractivity contribution >= 4 is 28.3 Å². The summed E-state index contributed by atoms with van der Waals surface area (Å²) >= 11 is 1.02. The lowest BCUT2D eigenvalue weighted by Gasteiger charge is -2.11. The van der Waals surface area contributed by atoms with Crippen LogP contribution in [0.1, 0.15) is 24.0 Å². The molecular weight excluding hydrogens is 401 g/mol. The van der Waals surface area contributed by atoms with Gasteiger partial charge in [0.1, 0.15) is 0 Å². The quantitative estimate of drug-likeness (QED) is 0.329. The number of alkyl halides is 3. The third-order valence-electron chi connectivity index (χ3n) is 4.17. The Morgan fingerprint density at radius 1 is 1.24 bits per heavy atom. The van der Waals surface area contributed by atoms with E-state index in [4.69, 9.17) is 0 Å². The number of benzene rings is 1. The van der Waals surface area contributed by atoms with Gasteiger partial charge in [0.15, 0.2) is 11.7 Å². The van der Waals surface area contributed by atoms with E-state index >= 15 is 0 Å². The summed E-state index contributed by atoms with van der Waals surface area (Å²) in [4.78, 5) is 12.5. The molecule has 0 unspecified atom stereocenters. The van der Waals surface area contributed by atoms with Crippen LogP contribution in [0, 0.1) is 0 Å². The fourth-order valence-corrected chi connectivity index (χ4v) is 3.61. The van der Waals surface area contributed by atoms with E-state index in [1.54, 1.807) is 0 Å². The van der Waals surface area contributed by atoms with Gasteiger partial charge < -0.3 is 15.2 Å². The third-order valence-corrected chi connectivity index (χ3v) is 5.08. The van der Waals surface area contributed by atoms with Crippen LogP contribution in [0.2, 0.25) is 0 Å². The van der Waals surface area contributed by atoms with E-state index in [9.17, 15) is 13.2 Å². The molecule has 1 aromatic carbocycles. The number of imidazole rings is 1. The predicted octanol–water partition coefficient (Wildman–Crippen LogP) is 3.70. The number of guanidine groups is 1. The number of rotatable bonds is 8. The Balaban J connectivity index is 1.46. The van der Waals surface area contributed by atoms with Gasteiger partial charge >= 0.3 is 6.18 Å². The summed E-state index contributed by atoms with van der Waals surface area (Å²) < 4.78 is 39.9. The number of para-hydroxylation sites is 2. The fraction of sp³-hybridized carbons (Fsp3) is 0.421. The standard InChI is InChI=1S/C19H23F3N6S/c1-2-23-18(25-10-8-17-27-16(12-29-17)19(20,21)22)24-9-5-11-28-13-26-14-6-3-4-7-15(14)28/h3-4,6-7,12-13H,2,5,8-11H2,1H3,(H2,23,24,25). The molecular formula is C19H23F3N6S. The minimum absolute atomic E-state index is 0.409. The Morgan fingerprint density at radius 2 is 2.07 bits per heavy atom. The number of nitrogens with one attached hydrogen (secondary N) is 2. The van der Waals surface area contributed by atoms with E-state index in [0.717, 1.165) is 40.7 Å². The van der Waals surface area contributed by atoms with E-state index in [-0.39, 0.29) is 0 Å². The molecule has 156 valence electrons. The molecule has 10 heteroatoms. The van der Waals surface area contributed by atoms with Gasteiger partial charge in [0.25, 0.3) is 0 Å². The molecule has 0 aliphatic rings. The van der Waals surface area contributed by atoms with Crippen molar-refractivity contribution in [3.8, 4) is 0 Å². The summed E-state index contributed by atoms with van der Waals surface area (Å²) in [5.41, 5.74) is 1.25. The summed E-state index contributed by atoms with van der Waals surface area (Å²) in [6, 6.07) is 7.98. The average molecular weight is 424 g/mol. The lowest BCUT2D eigenvalue weighted by Crippen LogP contribution is -2.38. The largest absolute Gasteiger partial charge is 0.434 e. The fourth-order valence-electron chi connectivity index (χ4n) is 2.81. The summed E-state index contributed by atoms with van der Waals surface area (Å²) in [5, 5.41) is 7.79. The van der Waals surface area contributed by atoms with Crippen molar-refractivity contribution in [2.45, 2.75) is 32.5 Å². The molecule has 2 N–H and O–H groups in total. The molecule has 0 radical (unpaired) electrons. The molecule has 0 spiro atoms. The summed E-state index contributed by atoms with van der Waals surface area (Å²) in [5.74, 6) is 0.649. The van der Waals surface area contributed by atoms with Crippen LogP contribution < -0.4 is 10.6 Å². The summed E-state index contributed by atoms with van der Waals surface area (Å²) in [6.07, 6.45) is -1.30. The first kappa shape index (κ1) is 21.1. The maximum Gasteiger partial charge on any atom is 0.434 e. The number of aliphatic imine (C=N–C) groups is 1.